The summed E-state index contributed by atoms with van der Waals surface area (Å²) in [6, 6.07) is 5.23. The van der Waals surface area contributed by atoms with Crippen LogP contribution in [0.3, 0.4) is 0 Å². The number of pyridine rings is 1. The van der Waals surface area contributed by atoms with Crippen molar-refractivity contribution in [2.45, 2.75) is 16.0 Å². The summed E-state index contributed by atoms with van der Waals surface area (Å²) < 4.78 is 38.3. The van der Waals surface area contributed by atoms with Gasteiger partial charge in [-0.25, -0.2) is 0 Å². The van der Waals surface area contributed by atoms with Crippen molar-refractivity contribution in [3.05, 3.63) is 55.9 Å². The Kier molecular flexibility index (Phi) is 4.89. The first-order valence-corrected chi connectivity index (χ1v) is 7.23. The molecule has 0 spiro atoms. The third-order valence-corrected chi connectivity index (χ3v) is 4.64. The number of halogens is 5. The number of aromatic nitrogens is 1. The second kappa shape index (κ2) is 6.36. The second-order valence-corrected chi connectivity index (χ2v) is 5.93. The van der Waals surface area contributed by atoms with Gasteiger partial charge in [-0.15, -0.1) is 0 Å². The van der Waals surface area contributed by atoms with Gasteiger partial charge >= 0.3 is 6.18 Å². The first-order chi connectivity index (χ1) is 10.2. The van der Waals surface area contributed by atoms with Crippen LogP contribution in [0.4, 0.5) is 13.2 Å². The van der Waals surface area contributed by atoms with Gasteiger partial charge in [0.05, 0.1) is 15.6 Å². The number of rotatable bonds is 3. The molecular weight excluding hydrogens is 362 g/mol. The summed E-state index contributed by atoms with van der Waals surface area (Å²) in [5.41, 5.74) is -2.81. The summed E-state index contributed by atoms with van der Waals surface area (Å²) in [6.45, 7) is 0. The molecule has 1 N–H and O–H groups in total. The van der Waals surface area contributed by atoms with Crippen LogP contribution in [0.5, 0.6) is 0 Å². The number of carbonyl (C=O) groups excluding carboxylic acids is 1. The van der Waals surface area contributed by atoms with E-state index < -0.39 is 23.0 Å². The van der Waals surface area contributed by atoms with Crippen molar-refractivity contribution in [3.63, 3.8) is 0 Å². The van der Waals surface area contributed by atoms with E-state index in [1.165, 1.54) is 12.1 Å². The minimum Gasteiger partial charge on any atom is -0.318 e. The highest BCUT2D eigenvalue weighted by atomic mass is 35.5. The summed E-state index contributed by atoms with van der Waals surface area (Å²) in [5, 5.41) is 0.395. The van der Waals surface area contributed by atoms with E-state index >= 15 is 0 Å². The summed E-state index contributed by atoms with van der Waals surface area (Å²) in [4.78, 5) is 24.3. The number of aromatic amines is 1. The van der Waals surface area contributed by atoms with Crippen LogP contribution in [0.1, 0.15) is 16.1 Å². The SMILES string of the molecule is O=Cc1c(Sc2c(Cl)cccc2Cl)cc(C(F)(F)F)[nH]c1=O. The van der Waals surface area contributed by atoms with Gasteiger partial charge in [0.15, 0.2) is 6.29 Å². The Balaban J connectivity index is 2.61. The van der Waals surface area contributed by atoms with Crippen LogP contribution in [0.2, 0.25) is 10.0 Å². The zero-order valence-electron chi connectivity index (χ0n) is 10.5. The van der Waals surface area contributed by atoms with Gasteiger partial charge < -0.3 is 4.98 Å². The fourth-order valence-corrected chi connectivity index (χ4v) is 3.19. The Labute approximate surface area is 136 Å². The molecule has 0 unspecified atom stereocenters. The van der Waals surface area contributed by atoms with E-state index in [0.717, 1.165) is 11.8 Å². The van der Waals surface area contributed by atoms with Crippen molar-refractivity contribution in [1.82, 2.24) is 4.98 Å². The van der Waals surface area contributed by atoms with Crippen LogP contribution in [0.15, 0.2) is 38.9 Å². The van der Waals surface area contributed by atoms with Crippen molar-refractivity contribution in [1.29, 1.82) is 0 Å². The van der Waals surface area contributed by atoms with Crippen LogP contribution < -0.4 is 5.56 Å². The Hall–Kier alpha value is -1.44. The number of benzene rings is 1. The fraction of sp³-hybridized carbons (Fsp3) is 0.0769. The molecule has 0 radical (unpaired) electrons. The van der Waals surface area contributed by atoms with E-state index in [4.69, 9.17) is 23.2 Å². The zero-order valence-corrected chi connectivity index (χ0v) is 12.8. The van der Waals surface area contributed by atoms with Crippen LogP contribution in [-0.2, 0) is 6.18 Å². The zero-order chi connectivity index (χ0) is 16.5. The predicted molar refractivity (Wildman–Crippen MR) is 78.0 cm³/mol. The maximum atomic E-state index is 12.8. The van der Waals surface area contributed by atoms with Gasteiger partial charge in [-0.05, 0) is 18.2 Å². The van der Waals surface area contributed by atoms with Crippen molar-refractivity contribution in [3.8, 4) is 0 Å². The number of nitrogens with one attached hydrogen (secondary N) is 1. The third kappa shape index (κ3) is 3.48. The van der Waals surface area contributed by atoms with E-state index in [2.05, 4.69) is 0 Å². The van der Waals surface area contributed by atoms with Gasteiger partial charge in [-0.2, -0.15) is 13.2 Å². The average Bonchev–Trinajstić information content (AvgIpc) is 2.41. The lowest BCUT2D eigenvalue weighted by molar-refractivity contribution is -0.141. The van der Waals surface area contributed by atoms with Crippen molar-refractivity contribution < 1.29 is 18.0 Å². The highest BCUT2D eigenvalue weighted by molar-refractivity contribution is 7.99. The lowest BCUT2D eigenvalue weighted by Crippen LogP contribution is -2.20. The molecular formula is C13H6Cl2F3NO2S. The predicted octanol–water partition coefficient (Wildman–Crippen LogP) is 4.66. The van der Waals surface area contributed by atoms with Gasteiger partial charge in [-0.3, -0.25) is 9.59 Å². The lowest BCUT2D eigenvalue weighted by atomic mass is 10.2. The van der Waals surface area contributed by atoms with Gasteiger partial charge in [0.2, 0.25) is 0 Å². The smallest absolute Gasteiger partial charge is 0.318 e. The van der Waals surface area contributed by atoms with E-state index in [-0.39, 0.29) is 26.1 Å². The number of alkyl halides is 3. The third-order valence-electron chi connectivity index (χ3n) is 2.59. The molecule has 1 aromatic heterocycles. The van der Waals surface area contributed by atoms with Crippen molar-refractivity contribution >= 4 is 41.2 Å². The number of H-pyrrole nitrogens is 1. The summed E-state index contributed by atoms with van der Waals surface area (Å²) in [7, 11) is 0. The molecule has 0 fully saturated rings. The minimum absolute atomic E-state index is 0.180. The van der Waals surface area contributed by atoms with Gasteiger partial charge in [0, 0.05) is 9.79 Å². The Morgan fingerprint density at radius 3 is 2.27 bits per heavy atom. The Morgan fingerprint density at radius 2 is 1.77 bits per heavy atom. The number of hydrogen-bond acceptors (Lipinski definition) is 3. The van der Waals surface area contributed by atoms with Gasteiger partial charge in [0.1, 0.15) is 5.69 Å². The molecule has 0 atom stereocenters. The second-order valence-electron chi connectivity index (χ2n) is 4.06. The molecule has 22 heavy (non-hydrogen) atoms. The molecule has 116 valence electrons. The number of carbonyl (C=O) groups is 1. The lowest BCUT2D eigenvalue weighted by Gasteiger charge is -2.11. The molecule has 1 heterocycles. The highest BCUT2D eigenvalue weighted by Gasteiger charge is 2.33. The maximum absolute atomic E-state index is 12.8. The molecule has 9 heteroatoms. The van der Waals surface area contributed by atoms with Crippen molar-refractivity contribution in [2.75, 3.05) is 0 Å². The number of aldehydes is 1. The van der Waals surface area contributed by atoms with Crippen LogP contribution >= 0.6 is 35.0 Å². The first kappa shape index (κ1) is 16.9. The van der Waals surface area contributed by atoms with E-state index in [0.29, 0.717) is 6.07 Å². The number of hydrogen-bond donors (Lipinski definition) is 1. The first-order valence-electron chi connectivity index (χ1n) is 5.65. The van der Waals surface area contributed by atoms with Crippen LogP contribution in [0.25, 0.3) is 0 Å². The molecule has 0 saturated carbocycles. The van der Waals surface area contributed by atoms with Gasteiger partial charge in [-0.1, -0.05) is 41.0 Å². The molecule has 0 bridgehead atoms. The van der Waals surface area contributed by atoms with Crippen LogP contribution in [0, 0.1) is 0 Å². The topological polar surface area (TPSA) is 49.9 Å². The summed E-state index contributed by atoms with van der Waals surface area (Å²) in [5.74, 6) is 0. The standard InChI is InChI=1S/C13H6Cl2F3NO2S/c14-7-2-1-3-8(15)11(7)22-9-4-10(13(16,17)18)19-12(21)6(9)5-20/h1-5H,(H,19,21). The monoisotopic (exact) mass is 367 g/mol. The molecule has 0 saturated heterocycles. The molecule has 0 aliphatic rings. The highest BCUT2D eigenvalue weighted by Crippen LogP contribution is 2.40. The van der Waals surface area contributed by atoms with Crippen LogP contribution in [-0.4, -0.2) is 11.3 Å². The van der Waals surface area contributed by atoms with Gasteiger partial charge in [0.25, 0.3) is 5.56 Å². The molecule has 2 aromatic rings. The molecule has 2 rings (SSSR count). The van der Waals surface area contributed by atoms with Crippen molar-refractivity contribution in [2.24, 2.45) is 0 Å². The molecule has 3 nitrogen and oxygen atoms in total. The Bertz CT molecular complexity index is 770. The van der Waals surface area contributed by atoms with E-state index in [9.17, 15) is 22.8 Å². The Morgan fingerprint density at radius 1 is 1.18 bits per heavy atom. The summed E-state index contributed by atoms with van der Waals surface area (Å²) >= 11 is 12.6. The fourth-order valence-electron chi connectivity index (χ4n) is 1.59. The maximum Gasteiger partial charge on any atom is 0.431 e. The minimum atomic E-state index is -4.75. The normalized spacial score (nSPS) is 11.5. The average molecular weight is 368 g/mol. The molecule has 1 aromatic carbocycles. The largest absolute Gasteiger partial charge is 0.431 e. The van der Waals surface area contributed by atoms with E-state index in [1.54, 1.807) is 11.1 Å². The van der Waals surface area contributed by atoms with E-state index in [1.807, 2.05) is 0 Å². The summed E-state index contributed by atoms with van der Waals surface area (Å²) in [6.07, 6.45) is -4.56. The molecule has 0 aliphatic heterocycles. The quantitative estimate of drug-likeness (QED) is 0.802. The molecule has 0 aliphatic carbocycles. The molecule has 0 amide bonds.